The molecule has 0 saturated carbocycles. The quantitative estimate of drug-likeness (QED) is 0.0948. The van der Waals surface area contributed by atoms with Gasteiger partial charge in [-0.2, -0.15) is 0 Å². The van der Waals surface area contributed by atoms with Crippen LogP contribution in [-0.2, 0) is 14.3 Å². The molecule has 0 bridgehead atoms. The molecule has 1 atom stereocenters. The van der Waals surface area contributed by atoms with Crippen molar-refractivity contribution in [3.8, 4) is 39.2 Å². The van der Waals surface area contributed by atoms with E-state index in [1.165, 1.54) is 12.1 Å². The zero-order valence-electron chi connectivity index (χ0n) is 27.1. The van der Waals surface area contributed by atoms with Gasteiger partial charge in [0.05, 0.1) is 29.2 Å². The van der Waals surface area contributed by atoms with Crippen LogP contribution in [0.2, 0.25) is 0 Å². The summed E-state index contributed by atoms with van der Waals surface area (Å²) in [6.45, 7) is 1.46. The summed E-state index contributed by atoms with van der Waals surface area (Å²) in [6, 6.07) is 24.2. The number of amides is 4. The lowest BCUT2D eigenvalue weighted by Crippen LogP contribution is -2.54. The van der Waals surface area contributed by atoms with E-state index in [1.54, 1.807) is 29.5 Å². The van der Waals surface area contributed by atoms with Gasteiger partial charge in [-0.05, 0) is 84.8 Å². The van der Waals surface area contributed by atoms with Crippen LogP contribution in [0.3, 0.4) is 0 Å². The number of carbonyl (C=O) groups excluding carboxylic acids is 4. The molecule has 1 fully saturated rings. The molecule has 2 aliphatic rings. The number of phenols is 1. The summed E-state index contributed by atoms with van der Waals surface area (Å²) in [4.78, 5) is 51.5. The first-order valence-electron chi connectivity index (χ1n) is 16.2. The summed E-state index contributed by atoms with van der Waals surface area (Å²) in [5.74, 6) is 0.458. The fraction of sp³-hybridized carbons (Fsp3) is 0.211. The third-order valence-electron chi connectivity index (χ3n) is 8.39. The minimum Gasteiger partial charge on any atom is -0.508 e. The van der Waals surface area contributed by atoms with Gasteiger partial charge in [0, 0.05) is 34.0 Å². The molecule has 2 aliphatic heterocycles. The van der Waals surface area contributed by atoms with Crippen LogP contribution in [0.5, 0.6) is 28.7 Å². The lowest BCUT2D eigenvalue weighted by atomic mass is 10.0. The average Bonchev–Trinajstić information content (AvgIpc) is 3.59. The maximum Gasteiger partial charge on any atom is 0.262 e. The molecular weight excluding hydrogens is 740 g/mol. The predicted molar refractivity (Wildman–Crippen MR) is 193 cm³/mol. The van der Waals surface area contributed by atoms with E-state index in [9.17, 15) is 24.3 Å². The van der Waals surface area contributed by atoms with Gasteiger partial charge in [0.15, 0.2) is 5.75 Å². The molecule has 1 unspecified atom stereocenters. The Morgan fingerprint density at radius 3 is 2.29 bits per heavy atom. The number of hydrogen-bond acceptors (Lipinski definition) is 10. The van der Waals surface area contributed by atoms with Crippen LogP contribution in [0.1, 0.15) is 40.0 Å². The molecule has 3 heterocycles. The van der Waals surface area contributed by atoms with Crippen LogP contribution >= 0.6 is 27.3 Å². The highest BCUT2D eigenvalue weighted by Crippen LogP contribution is 2.47. The van der Waals surface area contributed by atoms with Gasteiger partial charge >= 0.3 is 0 Å². The number of imide groups is 2. The molecule has 0 spiro atoms. The van der Waals surface area contributed by atoms with Crippen LogP contribution in [0.25, 0.3) is 20.5 Å². The van der Waals surface area contributed by atoms with E-state index < -0.39 is 29.7 Å². The highest BCUT2D eigenvalue weighted by Gasteiger charge is 2.44. The van der Waals surface area contributed by atoms with Crippen LogP contribution in [-0.4, -0.2) is 66.1 Å². The smallest absolute Gasteiger partial charge is 0.262 e. The third kappa shape index (κ3) is 7.46. The number of rotatable bonds is 13. The number of hydrogen-bond donors (Lipinski definition) is 2. The van der Waals surface area contributed by atoms with Crippen molar-refractivity contribution in [2.45, 2.75) is 25.3 Å². The Labute approximate surface area is 304 Å². The second-order valence-electron chi connectivity index (χ2n) is 11.8. The van der Waals surface area contributed by atoms with Crippen LogP contribution < -0.4 is 19.5 Å². The van der Waals surface area contributed by atoms with Gasteiger partial charge in [-0.15, -0.1) is 11.3 Å². The van der Waals surface area contributed by atoms with E-state index in [-0.39, 0.29) is 29.7 Å². The third-order valence-corrected chi connectivity index (χ3v) is 10.1. The Hall–Kier alpha value is -5.24. The van der Waals surface area contributed by atoms with Crippen LogP contribution in [0.15, 0.2) is 89.4 Å². The molecular formula is C38H31BrN2O9S. The van der Waals surface area contributed by atoms with E-state index in [0.717, 1.165) is 35.6 Å². The highest BCUT2D eigenvalue weighted by atomic mass is 79.9. The zero-order chi connectivity index (χ0) is 35.5. The van der Waals surface area contributed by atoms with Gasteiger partial charge in [-0.25, -0.2) is 0 Å². The molecule has 1 aromatic heterocycles. The minimum absolute atomic E-state index is 0.0623. The molecule has 51 heavy (non-hydrogen) atoms. The first kappa shape index (κ1) is 34.2. The van der Waals surface area contributed by atoms with E-state index >= 15 is 0 Å². The van der Waals surface area contributed by atoms with Crippen molar-refractivity contribution in [2.75, 3.05) is 26.4 Å². The molecule has 13 heteroatoms. The largest absolute Gasteiger partial charge is 0.508 e. The first-order valence-corrected chi connectivity index (χ1v) is 17.8. The van der Waals surface area contributed by atoms with Gasteiger partial charge in [0.1, 0.15) is 35.6 Å². The molecule has 260 valence electrons. The Morgan fingerprint density at radius 1 is 0.784 bits per heavy atom. The van der Waals surface area contributed by atoms with Crippen LogP contribution in [0.4, 0.5) is 0 Å². The molecule has 2 N–H and O–H groups in total. The van der Waals surface area contributed by atoms with Gasteiger partial charge in [-0.1, -0.05) is 28.1 Å². The maximum absolute atomic E-state index is 13.0. The van der Waals surface area contributed by atoms with Gasteiger partial charge in [-0.3, -0.25) is 29.4 Å². The summed E-state index contributed by atoms with van der Waals surface area (Å²) in [5, 5.41) is 13.1. The Kier molecular flexibility index (Phi) is 10.0. The molecule has 0 radical (unpaired) electrons. The lowest BCUT2D eigenvalue weighted by molar-refractivity contribution is -0.136. The number of nitrogens with one attached hydrogen (secondary N) is 1. The SMILES string of the molecule is O=C1CCC(N2C(=O)c3ccc(OCCCOCCOc4ccc(Oc5c(-c6ccc(Br)cc6)sc6cc(O)ccc56)cc4)cc3C2=O)C(=O)N1. The molecule has 0 aliphatic carbocycles. The van der Waals surface area contributed by atoms with E-state index in [0.29, 0.717) is 50.1 Å². The molecule has 1 saturated heterocycles. The monoisotopic (exact) mass is 770 g/mol. The predicted octanol–water partition coefficient (Wildman–Crippen LogP) is 7.09. The maximum atomic E-state index is 13.0. The topological polar surface area (TPSA) is 141 Å². The fourth-order valence-electron chi connectivity index (χ4n) is 5.89. The highest BCUT2D eigenvalue weighted by molar-refractivity contribution is 9.10. The second kappa shape index (κ2) is 14.9. The number of carbonyl (C=O) groups is 4. The van der Waals surface area contributed by atoms with E-state index in [4.69, 9.17) is 18.9 Å². The van der Waals surface area contributed by atoms with Crippen molar-refractivity contribution in [1.82, 2.24) is 10.2 Å². The Balaban J connectivity index is 0.851. The molecule has 11 nitrogen and oxygen atoms in total. The number of halogens is 1. The summed E-state index contributed by atoms with van der Waals surface area (Å²) >= 11 is 5.05. The van der Waals surface area contributed by atoms with Gasteiger partial charge in [0.2, 0.25) is 11.8 Å². The minimum atomic E-state index is -1.01. The molecule has 5 aromatic rings. The number of piperidine rings is 1. The molecule has 4 amide bonds. The van der Waals surface area contributed by atoms with E-state index in [2.05, 4.69) is 21.2 Å². The Bertz CT molecular complexity index is 2130. The van der Waals surface area contributed by atoms with Crippen molar-refractivity contribution >= 4 is 61.0 Å². The number of aromatic hydroxyl groups is 1. The normalized spacial score (nSPS) is 15.6. The summed E-state index contributed by atoms with van der Waals surface area (Å²) < 4.78 is 25.6. The summed E-state index contributed by atoms with van der Waals surface area (Å²) in [7, 11) is 0. The lowest BCUT2D eigenvalue weighted by Gasteiger charge is -2.27. The summed E-state index contributed by atoms with van der Waals surface area (Å²) in [5.41, 5.74) is 1.38. The number of fused-ring (bicyclic) bond motifs is 2. The van der Waals surface area contributed by atoms with E-state index in [1.807, 2.05) is 54.6 Å². The standard InChI is InChI=1S/C38H31BrN2O9S/c39-23-4-2-22(3-5-23)35-34(29-12-6-24(42)20-32(29)51-35)50-26-9-7-25(8-10-26)49-19-18-47-16-1-17-48-27-11-13-28-30(21-27)38(46)41(37(28)45)31-14-15-33(43)40-36(31)44/h2-13,20-21,31,42H,1,14-19H2,(H,40,43,44). The van der Waals surface area contributed by atoms with Gasteiger partial charge < -0.3 is 24.1 Å². The fourth-order valence-corrected chi connectivity index (χ4v) is 7.32. The average molecular weight is 772 g/mol. The summed E-state index contributed by atoms with van der Waals surface area (Å²) in [6.07, 6.45) is 0.743. The number of ether oxygens (including phenoxy) is 4. The Morgan fingerprint density at radius 2 is 1.51 bits per heavy atom. The van der Waals surface area contributed by atoms with Crippen molar-refractivity contribution < 1.29 is 43.2 Å². The van der Waals surface area contributed by atoms with Gasteiger partial charge in [0.25, 0.3) is 11.8 Å². The molecule has 7 rings (SSSR count). The number of thiophene rings is 1. The number of benzene rings is 4. The number of phenolic OH excluding ortho intramolecular Hbond substituents is 1. The van der Waals surface area contributed by atoms with Crippen molar-refractivity contribution in [3.05, 3.63) is 101 Å². The first-order chi connectivity index (χ1) is 24.7. The van der Waals surface area contributed by atoms with Crippen molar-refractivity contribution in [2.24, 2.45) is 0 Å². The van der Waals surface area contributed by atoms with Crippen molar-refractivity contribution in [1.29, 1.82) is 0 Å². The second-order valence-corrected chi connectivity index (χ2v) is 13.8. The van der Waals surface area contributed by atoms with Crippen LogP contribution in [0, 0.1) is 0 Å². The van der Waals surface area contributed by atoms with Crippen molar-refractivity contribution in [3.63, 3.8) is 0 Å². The zero-order valence-corrected chi connectivity index (χ0v) is 29.5. The molecule has 4 aromatic carbocycles. The number of nitrogens with zero attached hydrogens (tertiary/aromatic N) is 1.